The van der Waals surface area contributed by atoms with Crippen LogP contribution in [-0.2, 0) is 9.59 Å². The number of anilines is 1. The van der Waals surface area contributed by atoms with E-state index in [-0.39, 0.29) is 11.8 Å². The first-order chi connectivity index (χ1) is 9.28. The third kappa shape index (κ3) is 3.70. The maximum Gasteiger partial charge on any atom is 0.239 e. The molecule has 4 nitrogen and oxygen atoms in total. The lowest BCUT2D eigenvalue weighted by Crippen LogP contribution is -2.45. The predicted octanol–water partition coefficient (Wildman–Crippen LogP) is 2.57. The van der Waals surface area contributed by atoms with Crippen molar-refractivity contribution in [3.63, 3.8) is 0 Å². The van der Waals surface area contributed by atoms with Gasteiger partial charge in [0.2, 0.25) is 11.8 Å². The molecule has 1 rings (SSSR count). The number of aryl methyl sites for hydroxylation is 2. The van der Waals surface area contributed by atoms with Gasteiger partial charge in [-0.15, -0.1) is 6.58 Å². The van der Waals surface area contributed by atoms with E-state index in [0.29, 0.717) is 6.54 Å². The fourth-order valence-electron chi connectivity index (χ4n) is 1.64. The second-order valence-electron chi connectivity index (χ2n) is 5.40. The largest absolute Gasteiger partial charge is 0.352 e. The number of hydrogen-bond acceptors (Lipinski definition) is 2. The summed E-state index contributed by atoms with van der Waals surface area (Å²) >= 11 is 0. The zero-order chi connectivity index (χ0) is 15.3. The highest BCUT2D eigenvalue weighted by Crippen LogP contribution is 2.22. The van der Waals surface area contributed by atoms with Crippen LogP contribution in [0.15, 0.2) is 30.9 Å². The molecule has 0 spiro atoms. The van der Waals surface area contributed by atoms with Crippen LogP contribution in [0.25, 0.3) is 0 Å². The summed E-state index contributed by atoms with van der Waals surface area (Å²) in [6.07, 6.45) is 1.58. The summed E-state index contributed by atoms with van der Waals surface area (Å²) in [5.41, 5.74) is 1.62. The van der Waals surface area contributed by atoms with Gasteiger partial charge in [-0.05, 0) is 44.9 Å². The molecule has 0 saturated heterocycles. The fraction of sp³-hybridized carbons (Fsp3) is 0.375. The minimum absolute atomic E-state index is 0.319. The van der Waals surface area contributed by atoms with E-state index in [2.05, 4.69) is 17.2 Å². The Balaban J connectivity index is 2.86. The summed E-state index contributed by atoms with van der Waals surface area (Å²) in [5, 5.41) is 5.47. The first-order valence-electron chi connectivity index (χ1n) is 6.57. The molecule has 0 aromatic heterocycles. The minimum atomic E-state index is -1.14. The maximum absolute atomic E-state index is 12.3. The molecule has 4 heteroatoms. The second kappa shape index (κ2) is 6.37. The summed E-state index contributed by atoms with van der Waals surface area (Å²) in [7, 11) is 0. The average molecular weight is 274 g/mol. The molecule has 0 saturated carbocycles. The van der Waals surface area contributed by atoms with Crippen molar-refractivity contribution in [2.45, 2.75) is 27.7 Å². The molecular formula is C16H22N2O2. The van der Waals surface area contributed by atoms with Crippen molar-refractivity contribution < 1.29 is 9.59 Å². The molecule has 0 radical (unpaired) electrons. The highest BCUT2D eigenvalue weighted by atomic mass is 16.2. The van der Waals surface area contributed by atoms with Crippen LogP contribution in [0, 0.1) is 19.3 Å². The molecule has 0 fully saturated rings. The Bertz CT molecular complexity index is 533. The van der Waals surface area contributed by atoms with E-state index >= 15 is 0 Å². The van der Waals surface area contributed by atoms with Crippen LogP contribution in [0.4, 0.5) is 5.69 Å². The van der Waals surface area contributed by atoms with Crippen LogP contribution in [0.1, 0.15) is 25.0 Å². The lowest BCUT2D eigenvalue weighted by molar-refractivity contribution is -0.138. The number of carbonyl (C=O) groups is 2. The number of benzene rings is 1. The Morgan fingerprint density at radius 2 is 1.90 bits per heavy atom. The summed E-state index contributed by atoms with van der Waals surface area (Å²) in [4.78, 5) is 24.3. The summed E-state index contributed by atoms with van der Waals surface area (Å²) in [6.45, 7) is 11.0. The van der Waals surface area contributed by atoms with Gasteiger partial charge < -0.3 is 10.6 Å². The van der Waals surface area contributed by atoms with E-state index in [1.165, 1.54) is 0 Å². The number of amides is 2. The first kappa shape index (κ1) is 16.0. The van der Waals surface area contributed by atoms with Gasteiger partial charge in [0.05, 0.1) is 0 Å². The summed E-state index contributed by atoms with van der Waals surface area (Å²) < 4.78 is 0. The zero-order valence-corrected chi connectivity index (χ0v) is 12.5. The van der Waals surface area contributed by atoms with Crippen LogP contribution in [-0.4, -0.2) is 18.4 Å². The standard InChI is InChI=1S/C16H22N2O2/c1-6-9-17-14(19)16(4,5)15(20)18-13-10-11(2)7-8-12(13)3/h6-8,10H,1,9H2,2-5H3,(H,17,19)(H,18,20). The van der Waals surface area contributed by atoms with Crippen molar-refractivity contribution in [1.29, 1.82) is 0 Å². The molecular weight excluding hydrogens is 252 g/mol. The van der Waals surface area contributed by atoms with Crippen LogP contribution in [0.2, 0.25) is 0 Å². The second-order valence-corrected chi connectivity index (χ2v) is 5.40. The SMILES string of the molecule is C=CCNC(=O)C(C)(C)C(=O)Nc1cc(C)ccc1C. The summed E-state index contributed by atoms with van der Waals surface area (Å²) in [5.74, 6) is -0.645. The molecule has 0 atom stereocenters. The molecule has 1 aromatic rings. The lowest BCUT2D eigenvalue weighted by atomic mass is 9.90. The van der Waals surface area contributed by atoms with Gasteiger partial charge in [-0.25, -0.2) is 0 Å². The van der Waals surface area contributed by atoms with Gasteiger partial charge in [0.1, 0.15) is 5.41 Å². The van der Waals surface area contributed by atoms with Crippen molar-refractivity contribution in [3.8, 4) is 0 Å². The van der Waals surface area contributed by atoms with E-state index < -0.39 is 5.41 Å². The average Bonchev–Trinajstić information content (AvgIpc) is 2.39. The Morgan fingerprint density at radius 1 is 1.25 bits per heavy atom. The first-order valence-corrected chi connectivity index (χ1v) is 6.57. The molecule has 0 bridgehead atoms. The molecule has 2 amide bonds. The van der Waals surface area contributed by atoms with Crippen molar-refractivity contribution in [3.05, 3.63) is 42.0 Å². The van der Waals surface area contributed by atoms with E-state index in [9.17, 15) is 9.59 Å². The van der Waals surface area contributed by atoms with Crippen LogP contribution in [0.5, 0.6) is 0 Å². The van der Waals surface area contributed by atoms with Gasteiger partial charge in [0, 0.05) is 12.2 Å². The lowest BCUT2D eigenvalue weighted by Gasteiger charge is -2.23. The smallest absolute Gasteiger partial charge is 0.239 e. The normalized spacial score (nSPS) is 10.8. The number of hydrogen-bond donors (Lipinski definition) is 2. The van der Waals surface area contributed by atoms with Gasteiger partial charge in [0.15, 0.2) is 0 Å². The molecule has 108 valence electrons. The van der Waals surface area contributed by atoms with Crippen LogP contribution >= 0.6 is 0 Å². The number of nitrogens with one attached hydrogen (secondary N) is 2. The Hall–Kier alpha value is -2.10. The Morgan fingerprint density at radius 3 is 2.50 bits per heavy atom. The van der Waals surface area contributed by atoms with Gasteiger partial charge in [0.25, 0.3) is 0 Å². The number of rotatable bonds is 5. The molecule has 0 heterocycles. The van der Waals surface area contributed by atoms with E-state index in [0.717, 1.165) is 16.8 Å². The van der Waals surface area contributed by atoms with Crippen LogP contribution in [0.3, 0.4) is 0 Å². The molecule has 0 unspecified atom stereocenters. The van der Waals surface area contributed by atoms with Crippen molar-refractivity contribution in [2.24, 2.45) is 5.41 Å². The topological polar surface area (TPSA) is 58.2 Å². The van der Waals surface area contributed by atoms with Gasteiger partial charge in [-0.3, -0.25) is 9.59 Å². The maximum atomic E-state index is 12.3. The van der Waals surface area contributed by atoms with Crippen molar-refractivity contribution >= 4 is 17.5 Å². The fourth-order valence-corrected chi connectivity index (χ4v) is 1.64. The quantitative estimate of drug-likeness (QED) is 0.640. The van der Waals surface area contributed by atoms with Gasteiger partial charge in [-0.2, -0.15) is 0 Å². The van der Waals surface area contributed by atoms with Crippen molar-refractivity contribution in [2.75, 3.05) is 11.9 Å². The molecule has 0 aliphatic heterocycles. The third-order valence-corrected chi connectivity index (χ3v) is 3.18. The molecule has 0 aliphatic carbocycles. The van der Waals surface area contributed by atoms with E-state index in [1.807, 2.05) is 32.0 Å². The van der Waals surface area contributed by atoms with Gasteiger partial charge in [-0.1, -0.05) is 18.2 Å². The number of carbonyl (C=O) groups excluding carboxylic acids is 2. The van der Waals surface area contributed by atoms with Gasteiger partial charge >= 0.3 is 0 Å². The monoisotopic (exact) mass is 274 g/mol. The molecule has 20 heavy (non-hydrogen) atoms. The van der Waals surface area contributed by atoms with E-state index in [1.54, 1.807) is 19.9 Å². The molecule has 2 N–H and O–H groups in total. The van der Waals surface area contributed by atoms with Crippen LogP contribution < -0.4 is 10.6 Å². The summed E-state index contributed by atoms with van der Waals surface area (Å²) in [6, 6.07) is 5.81. The highest BCUT2D eigenvalue weighted by Gasteiger charge is 2.35. The van der Waals surface area contributed by atoms with Crippen molar-refractivity contribution in [1.82, 2.24) is 5.32 Å². The Kier molecular flexibility index (Phi) is 5.08. The highest BCUT2D eigenvalue weighted by molar-refractivity contribution is 6.10. The molecule has 0 aliphatic rings. The third-order valence-electron chi connectivity index (χ3n) is 3.18. The minimum Gasteiger partial charge on any atom is -0.352 e. The van der Waals surface area contributed by atoms with E-state index in [4.69, 9.17) is 0 Å². The predicted molar refractivity (Wildman–Crippen MR) is 81.5 cm³/mol. The Labute approximate surface area is 120 Å². The zero-order valence-electron chi connectivity index (χ0n) is 12.5. The molecule has 1 aromatic carbocycles.